The van der Waals surface area contributed by atoms with Crippen LogP contribution in [0.5, 0.6) is 0 Å². The van der Waals surface area contributed by atoms with Crippen LogP contribution in [0.3, 0.4) is 0 Å². The quantitative estimate of drug-likeness (QED) is 0.177. The van der Waals surface area contributed by atoms with E-state index in [0.29, 0.717) is 0 Å². The van der Waals surface area contributed by atoms with Gasteiger partial charge >= 0.3 is 0 Å². The first-order valence-corrected chi connectivity index (χ1v) is 18.3. The van der Waals surface area contributed by atoms with E-state index in [0.717, 1.165) is 5.69 Å². The molecule has 238 valence electrons. The summed E-state index contributed by atoms with van der Waals surface area (Å²) in [4.78, 5) is 0. The Balaban J connectivity index is 1.32. The molecule has 0 spiro atoms. The molecule has 51 heavy (non-hydrogen) atoms. The average Bonchev–Trinajstić information content (AvgIpc) is 3.86. The van der Waals surface area contributed by atoms with Gasteiger partial charge in [0.25, 0.3) is 0 Å². The molecule has 0 radical (unpaired) electrons. The molecule has 0 aliphatic heterocycles. The number of fused-ring (bicyclic) bond motifs is 9. The van der Waals surface area contributed by atoms with Crippen molar-refractivity contribution in [3.05, 3.63) is 182 Å². The van der Waals surface area contributed by atoms with Gasteiger partial charge in [0.05, 0.1) is 32.5 Å². The summed E-state index contributed by atoms with van der Waals surface area (Å²) in [5.74, 6) is 0. The van der Waals surface area contributed by atoms with Gasteiger partial charge in [-0.2, -0.15) is 0 Å². The van der Waals surface area contributed by atoms with Crippen molar-refractivity contribution >= 4 is 75.1 Å². The zero-order valence-corrected chi connectivity index (χ0v) is 28.4. The van der Waals surface area contributed by atoms with Crippen molar-refractivity contribution in [2.24, 2.45) is 0 Å². The van der Waals surface area contributed by atoms with Crippen LogP contribution >= 0.6 is 11.3 Å². The van der Waals surface area contributed by atoms with E-state index in [4.69, 9.17) is 0 Å². The number of hydrogen-bond donors (Lipinski definition) is 0. The minimum Gasteiger partial charge on any atom is -0.309 e. The van der Waals surface area contributed by atoms with E-state index in [1.807, 2.05) is 11.3 Å². The maximum absolute atomic E-state index is 2.54. The predicted octanol–water partition coefficient (Wildman–Crippen LogP) is 13.6. The highest BCUT2D eigenvalue weighted by Gasteiger charge is 2.23. The van der Waals surface area contributed by atoms with Crippen molar-refractivity contribution in [3.63, 3.8) is 0 Å². The number of hydrogen-bond acceptors (Lipinski definition) is 1. The van der Waals surface area contributed by atoms with E-state index in [1.165, 1.54) is 91.7 Å². The fraction of sp³-hybridized carbons (Fsp3) is 0. The van der Waals surface area contributed by atoms with Gasteiger partial charge in [-0.05, 0) is 59.2 Å². The highest BCUT2D eigenvalue weighted by Crippen LogP contribution is 2.47. The van der Waals surface area contributed by atoms with Gasteiger partial charge in [0, 0.05) is 48.3 Å². The van der Waals surface area contributed by atoms with Crippen molar-refractivity contribution in [3.8, 4) is 33.6 Å². The third-order valence-corrected chi connectivity index (χ3v) is 11.7. The van der Waals surface area contributed by atoms with E-state index < -0.39 is 0 Å². The fourth-order valence-electron chi connectivity index (χ4n) is 8.35. The monoisotopic (exact) mass is 666 g/mol. The number of nitrogens with zero attached hydrogens (tertiary/aromatic N) is 2. The number of para-hydroxylation sites is 3. The summed E-state index contributed by atoms with van der Waals surface area (Å²) in [5.41, 5.74) is 12.1. The Kier molecular flexibility index (Phi) is 6.16. The zero-order chi connectivity index (χ0) is 33.5. The zero-order valence-electron chi connectivity index (χ0n) is 27.6. The smallest absolute Gasteiger partial charge is 0.0641 e. The van der Waals surface area contributed by atoms with Gasteiger partial charge in [0.1, 0.15) is 0 Å². The molecule has 0 saturated carbocycles. The molecule has 0 aliphatic carbocycles. The molecule has 3 heteroatoms. The van der Waals surface area contributed by atoms with Crippen LogP contribution < -0.4 is 0 Å². The van der Waals surface area contributed by atoms with Gasteiger partial charge in [-0.15, -0.1) is 11.3 Å². The van der Waals surface area contributed by atoms with E-state index in [2.05, 4.69) is 191 Å². The Bertz CT molecular complexity index is 3130. The number of benzene rings is 8. The van der Waals surface area contributed by atoms with Crippen molar-refractivity contribution in [2.45, 2.75) is 0 Å². The lowest BCUT2D eigenvalue weighted by atomic mass is 9.91. The third-order valence-electron chi connectivity index (χ3n) is 10.5. The lowest BCUT2D eigenvalue weighted by Crippen LogP contribution is -1.98. The number of aromatic nitrogens is 2. The molecule has 0 saturated heterocycles. The van der Waals surface area contributed by atoms with Crippen LogP contribution in [0.2, 0.25) is 0 Å². The largest absolute Gasteiger partial charge is 0.309 e. The van der Waals surface area contributed by atoms with E-state index in [9.17, 15) is 0 Å². The number of thiophene rings is 1. The van der Waals surface area contributed by atoms with E-state index in [-0.39, 0.29) is 0 Å². The predicted molar refractivity (Wildman–Crippen MR) is 219 cm³/mol. The molecular weight excluding hydrogens is 637 g/mol. The highest BCUT2D eigenvalue weighted by atomic mass is 32.1. The Morgan fingerprint density at radius 2 is 0.980 bits per heavy atom. The lowest BCUT2D eigenvalue weighted by Gasteiger charge is -2.17. The van der Waals surface area contributed by atoms with Gasteiger partial charge in [-0.3, -0.25) is 0 Å². The summed E-state index contributed by atoms with van der Waals surface area (Å²) in [6.07, 6.45) is 0. The maximum atomic E-state index is 2.54. The van der Waals surface area contributed by atoms with Crippen molar-refractivity contribution < 1.29 is 0 Å². The van der Waals surface area contributed by atoms with Gasteiger partial charge < -0.3 is 9.13 Å². The summed E-state index contributed by atoms with van der Waals surface area (Å²) in [7, 11) is 0. The van der Waals surface area contributed by atoms with Crippen LogP contribution in [-0.2, 0) is 0 Å². The van der Waals surface area contributed by atoms with Crippen LogP contribution in [0.1, 0.15) is 0 Å². The van der Waals surface area contributed by atoms with Crippen molar-refractivity contribution in [1.82, 2.24) is 9.13 Å². The average molecular weight is 667 g/mol. The highest BCUT2D eigenvalue weighted by molar-refractivity contribution is 7.26. The first kappa shape index (κ1) is 28.4. The molecule has 0 N–H and O–H groups in total. The van der Waals surface area contributed by atoms with Gasteiger partial charge in [-0.1, -0.05) is 140 Å². The van der Waals surface area contributed by atoms with E-state index in [1.54, 1.807) is 0 Å². The molecule has 0 unspecified atom stereocenters. The van der Waals surface area contributed by atoms with Crippen molar-refractivity contribution in [1.29, 1.82) is 0 Å². The molecule has 2 nitrogen and oxygen atoms in total. The van der Waals surface area contributed by atoms with Crippen LogP contribution in [0, 0.1) is 0 Å². The second-order valence-corrected chi connectivity index (χ2v) is 14.3. The molecule has 0 amide bonds. The first-order chi connectivity index (χ1) is 25.3. The SMILES string of the molecule is c1ccc(-c2ccc3c4ccccc4n(-c4cccc5c4sc4ccccc45)c3c2-c2ccc3c4ccccc4n(-c4ccccc4)c3c2)cc1. The molecule has 3 aromatic heterocycles. The van der Waals surface area contributed by atoms with Crippen LogP contribution in [0.15, 0.2) is 182 Å². The minimum atomic E-state index is 1.16. The molecular formula is C48H30N2S. The lowest BCUT2D eigenvalue weighted by molar-refractivity contribution is 1.18. The Labute approximate surface area is 298 Å². The van der Waals surface area contributed by atoms with Gasteiger partial charge in [-0.25, -0.2) is 0 Å². The molecule has 11 rings (SSSR count). The van der Waals surface area contributed by atoms with E-state index >= 15 is 0 Å². The molecule has 0 bridgehead atoms. The molecule has 0 atom stereocenters. The summed E-state index contributed by atoms with van der Waals surface area (Å²) < 4.78 is 7.58. The summed E-state index contributed by atoms with van der Waals surface area (Å²) in [5, 5.41) is 7.63. The Morgan fingerprint density at radius 1 is 0.373 bits per heavy atom. The Hall–Kier alpha value is -6.42. The molecule has 3 heterocycles. The van der Waals surface area contributed by atoms with Crippen molar-refractivity contribution in [2.75, 3.05) is 0 Å². The molecule has 0 fully saturated rings. The Morgan fingerprint density at radius 3 is 1.78 bits per heavy atom. The van der Waals surface area contributed by atoms with Crippen LogP contribution in [-0.4, -0.2) is 9.13 Å². The topological polar surface area (TPSA) is 9.86 Å². The third kappa shape index (κ3) is 4.16. The summed E-state index contributed by atoms with van der Waals surface area (Å²) >= 11 is 1.89. The second kappa shape index (κ2) is 11.0. The molecule has 11 aromatic rings. The molecule has 0 aliphatic rings. The van der Waals surface area contributed by atoms with Crippen LogP contribution in [0.4, 0.5) is 0 Å². The summed E-state index contributed by atoms with van der Waals surface area (Å²) in [6, 6.07) is 66.7. The maximum Gasteiger partial charge on any atom is 0.0641 e. The minimum absolute atomic E-state index is 1.16. The standard InChI is InChI=1S/C48H30N2S/c1-3-14-31(15-4-1)34-28-29-39-36-19-8-11-23-42(36)50(43-24-13-21-40-38-20-9-12-25-45(38)51-48(40)43)47(39)46(34)32-26-27-37-35-18-7-10-22-41(35)49(44(37)30-32)33-16-5-2-6-17-33/h1-30H. The normalized spacial score (nSPS) is 11.9. The van der Waals surface area contributed by atoms with Crippen LogP contribution in [0.25, 0.3) is 97.4 Å². The fourth-order valence-corrected chi connectivity index (χ4v) is 9.55. The summed E-state index contributed by atoms with van der Waals surface area (Å²) in [6.45, 7) is 0. The van der Waals surface area contributed by atoms with Gasteiger partial charge in [0.2, 0.25) is 0 Å². The first-order valence-electron chi connectivity index (χ1n) is 17.4. The van der Waals surface area contributed by atoms with Gasteiger partial charge in [0.15, 0.2) is 0 Å². The number of rotatable bonds is 4. The molecule has 8 aromatic carbocycles. The second-order valence-electron chi connectivity index (χ2n) is 13.3.